The van der Waals surface area contributed by atoms with Gasteiger partial charge in [-0.25, -0.2) is 0 Å². The third kappa shape index (κ3) is 3.73. The van der Waals surface area contributed by atoms with Gasteiger partial charge in [-0.3, -0.25) is 20.4 Å². The van der Waals surface area contributed by atoms with E-state index in [0.29, 0.717) is 0 Å². The number of nitrogens with one attached hydrogen (secondary N) is 2. The highest BCUT2D eigenvalue weighted by Gasteiger charge is 2.29. The molecule has 1 aliphatic carbocycles. The highest BCUT2D eigenvalue weighted by molar-refractivity contribution is 5.93. The summed E-state index contributed by atoms with van der Waals surface area (Å²) in [4.78, 5) is 22.7. The van der Waals surface area contributed by atoms with E-state index in [9.17, 15) is 9.59 Å². The lowest BCUT2D eigenvalue weighted by atomic mass is 10.1. The molecule has 94 valence electrons. The first kappa shape index (κ1) is 12.4. The van der Waals surface area contributed by atoms with Crippen molar-refractivity contribution in [3.05, 3.63) is 41.5 Å². The van der Waals surface area contributed by atoms with Crippen molar-refractivity contribution in [3.8, 4) is 0 Å². The maximum atomic E-state index is 11.4. The van der Waals surface area contributed by atoms with Crippen LogP contribution in [0.2, 0.25) is 0 Å². The van der Waals surface area contributed by atoms with Gasteiger partial charge in [0.05, 0.1) is 0 Å². The summed E-state index contributed by atoms with van der Waals surface area (Å²) >= 11 is 0. The van der Waals surface area contributed by atoms with Crippen molar-refractivity contribution in [2.24, 2.45) is 5.92 Å². The Hall–Kier alpha value is -2.10. The van der Waals surface area contributed by atoms with Crippen molar-refractivity contribution in [1.82, 2.24) is 10.9 Å². The molecule has 1 fully saturated rings. The minimum atomic E-state index is -0.329. The van der Waals surface area contributed by atoms with Gasteiger partial charge in [-0.1, -0.05) is 29.8 Å². The van der Waals surface area contributed by atoms with Crippen molar-refractivity contribution < 1.29 is 9.59 Å². The molecule has 0 bridgehead atoms. The van der Waals surface area contributed by atoms with Crippen molar-refractivity contribution in [3.63, 3.8) is 0 Å². The quantitative estimate of drug-likeness (QED) is 0.626. The summed E-state index contributed by atoms with van der Waals surface area (Å²) in [6.07, 6.45) is 4.94. The fourth-order valence-electron chi connectivity index (χ4n) is 1.46. The van der Waals surface area contributed by atoms with Crippen molar-refractivity contribution in [1.29, 1.82) is 0 Å². The van der Waals surface area contributed by atoms with E-state index in [4.69, 9.17) is 0 Å². The van der Waals surface area contributed by atoms with Gasteiger partial charge in [0.2, 0.25) is 5.91 Å². The Morgan fingerprint density at radius 1 is 1.17 bits per heavy atom. The number of hydrazine groups is 1. The van der Waals surface area contributed by atoms with Crippen molar-refractivity contribution >= 4 is 17.9 Å². The number of benzene rings is 1. The molecule has 0 saturated heterocycles. The van der Waals surface area contributed by atoms with Crippen LogP contribution in [0.25, 0.3) is 6.08 Å². The molecule has 18 heavy (non-hydrogen) atoms. The molecule has 0 heterocycles. The average molecular weight is 244 g/mol. The van der Waals surface area contributed by atoms with E-state index in [1.807, 2.05) is 31.2 Å². The van der Waals surface area contributed by atoms with Crippen molar-refractivity contribution in [2.75, 3.05) is 0 Å². The van der Waals surface area contributed by atoms with Gasteiger partial charge in [0, 0.05) is 12.0 Å². The smallest absolute Gasteiger partial charge is 0.262 e. The predicted octanol–water partition coefficient (Wildman–Crippen LogP) is 1.57. The van der Waals surface area contributed by atoms with E-state index in [0.717, 1.165) is 18.4 Å². The van der Waals surface area contributed by atoms with E-state index in [2.05, 4.69) is 10.9 Å². The zero-order chi connectivity index (χ0) is 13.0. The summed E-state index contributed by atoms with van der Waals surface area (Å²) in [5.74, 6) is -0.344. The monoisotopic (exact) mass is 244 g/mol. The van der Waals surface area contributed by atoms with Crippen LogP contribution >= 0.6 is 0 Å². The zero-order valence-corrected chi connectivity index (χ0v) is 10.3. The normalized spacial score (nSPS) is 14.5. The van der Waals surface area contributed by atoms with Gasteiger partial charge < -0.3 is 0 Å². The van der Waals surface area contributed by atoms with Crippen LogP contribution in [-0.4, -0.2) is 11.8 Å². The maximum Gasteiger partial charge on any atom is 0.262 e. The van der Waals surface area contributed by atoms with E-state index >= 15 is 0 Å². The summed E-state index contributed by atoms with van der Waals surface area (Å²) in [7, 11) is 0. The van der Waals surface area contributed by atoms with Gasteiger partial charge in [0.15, 0.2) is 0 Å². The molecule has 0 radical (unpaired) electrons. The standard InChI is InChI=1S/C14H16N2O2/c1-10-2-4-11(5-3-10)6-9-13(17)15-16-14(18)12-7-8-12/h2-6,9,12H,7-8H2,1H3,(H,15,17)(H,16,18). The Morgan fingerprint density at radius 3 is 2.44 bits per heavy atom. The first-order valence-electron chi connectivity index (χ1n) is 6.00. The van der Waals surface area contributed by atoms with E-state index in [1.165, 1.54) is 11.6 Å². The van der Waals surface area contributed by atoms with Crippen LogP contribution in [-0.2, 0) is 9.59 Å². The van der Waals surface area contributed by atoms with Crippen LogP contribution in [0.15, 0.2) is 30.3 Å². The van der Waals surface area contributed by atoms with E-state index in [1.54, 1.807) is 6.08 Å². The molecule has 0 spiro atoms. The van der Waals surface area contributed by atoms with Crippen LogP contribution in [0, 0.1) is 12.8 Å². The second kappa shape index (κ2) is 5.49. The van der Waals surface area contributed by atoms with Crippen LogP contribution in [0.5, 0.6) is 0 Å². The second-order valence-electron chi connectivity index (χ2n) is 4.50. The lowest BCUT2D eigenvalue weighted by molar-refractivity contribution is -0.127. The van der Waals surface area contributed by atoms with Gasteiger partial charge in [-0.15, -0.1) is 0 Å². The summed E-state index contributed by atoms with van der Waals surface area (Å²) in [6, 6.07) is 7.82. The van der Waals surface area contributed by atoms with Crippen molar-refractivity contribution in [2.45, 2.75) is 19.8 Å². The van der Waals surface area contributed by atoms with Crippen LogP contribution < -0.4 is 10.9 Å². The van der Waals surface area contributed by atoms with Gasteiger partial charge in [0.1, 0.15) is 0 Å². The second-order valence-corrected chi connectivity index (χ2v) is 4.50. The molecule has 0 unspecified atom stereocenters. The lowest BCUT2D eigenvalue weighted by Gasteiger charge is -2.03. The molecular formula is C14H16N2O2. The maximum absolute atomic E-state index is 11.4. The third-order valence-corrected chi connectivity index (χ3v) is 2.76. The highest BCUT2D eigenvalue weighted by atomic mass is 16.2. The Bertz CT molecular complexity index is 473. The Balaban J connectivity index is 1.79. The Kier molecular flexibility index (Phi) is 3.77. The molecule has 1 aliphatic rings. The molecule has 4 nitrogen and oxygen atoms in total. The molecule has 1 aromatic carbocycles. The van der Waals surface area contributed by atoms with E-state index in [-0.39, 0.29) is 17.7 Å². The van der Waals surface area contributed by atoms with Crippen LogP contribution in [0.3, 0.4) is 0 Å². The molecule has 4 heteroatoms. The molecule has 2 rings (SSSR count). The first-order valence-corrected chi connectivity index (χ1v) is 6.00. The first-order chi connectivity index (χ1) is 8.65. The number of amides is 2. The number of carbonyl (C=O) groups is 2. The zero-order valence-electron chi connectivity index (χ0n) is 10.3. The molecule has 2 N–H and O–H groups in total. The minimum absolute atomic E-state index is 0.0892. The third-order valence-electron chi connectivity index (χ3n) is 2.76. The number of rotatable bonds is 3. The summed E-state index contributed by atoms with van der Waals surface area (Å²) in [5, 5.41) is 0. The average Bonchev–Trinajstić information content (AvgIpc) is 3.19. The highest BCUT2D eigenvalue weighted by Crippen LogP contribution is 2.28. The Morgan fingerprint density at radius 2 is 1.83 bits per heavy atom. The minimum Gasteiger partial charge on any atom is -0.273 e. The molecule has 1 aromatic rings. The van der Waals surface area contributed by atoms with Crippen LogP contribution in [0.4, 0.5) is 0 Å². The lowest BCUT2D eigenvalue weighted by Crippen LogP contribution is -2.41. The largest absolute Gasteiger partial charge is 0.273 e. The van der Waals surface area contributed by atoms with Gasteiger partial charge in [-0.2, -0.15) is 0 Å². The Labute approximate surface area is 106 Å². The summed E-state index contributed by atoms with van der Waals surface area (Å²) in [6.45, 7) is 2.01. The molecular weight excluding hydrogens is 228 g/mol. The number of hydrogen-bond donors (Lipinski definition) is 2. The molecule has 2 amide bonds. The molecule has 0 aliphatic heterocycles. The topological polar surface area (TPSA) is 58.2 Å². The van der Waals surface area contributed by atoms with Gasteiger partial charge in [0.25, 0.3) is 5.91 Å². The fourth-order valence-corrected chi connectivity index (χ4v) is 1.46. The molecule has 0 atom stereocenters. The SMILES string of the molecule is Cc1ccc(C=CC(=O)NNC(=O)C2CC2)cc1. The predicted molar refractivity (Wildman–Crippen MR) is 69.2 cm³/mol. The molecule has 0 aromatic heterocycles. The van der Waals surface area contributed by atoms with E-state index < -0.39 is 0 Å². The van der Waals surface area contributed by atoms with Gasteiger partial charge >= 0.3 is 0 Å². The number of hydrogen-bond acceptors (Lipinski definition) is 2. The number of carbonyl (C=O) groups excluding carboxylic acids is 2. The van der Waals surface area contributed by atoms with Gasteiger partial charge in [-0.05, 0) is 31.4 Å². The van der Waals surface area contributed by atoms with Crippen LogP contribution in [0.1, 0.15) is 24.0 Å². The number of aryl methyl sites for hydroxylation is 1. The fraction of sp³-hybridized carbons (Fsp3) is 0.286. The molecule has 1 saturated carbocycles. The summed E-state index contributed by atoms with van der Waals surface area (Å²) in [5.41, 5.74) is 6.88. The summed E-state index contributed by atoms with van der Waals surface area (Å²) < 4.78 is 0.